The minimum Gasteiger partial charge on any atom is -0.352 e. The zero-order valence-electron chi connectivity index (χ0n) is 20.8. The first-order valence-corrected chi connectivity index (χ1v) is 13.9. The van der Waals surface area contributed by atoms with Gasteiger partial charge in [0, 0.05) is 22.6 Å². The maximum absolute atomic E-state index is 13.8. The zero-order valence-corrected chi connectivity index (χ0v) is 23.1. The molecular weight excluding hydrogens is 533 g/mol. The number of halogens is 2. The van der Waals surface area contributed by atoms with E-state index < -0.39 is 28.5 Å². The molecule has 3 aromatic carbocycles. The quantitative estimate of drug-likeness (QED) is 0.371. The van der Waals surface area contributed by atoms with Gasteiger partial charge in [0.05, 0.1) is 10.6 Å². The van der Waals surface area contributed by atoms with Crippen LogP contribution in [0, 0.1) is 0 Å². The fourth-order valence-electron chi connectivity index (χ4n) is 3.68. The van der Waals surface area contributed by atoms with Gasteiger partial charge in [0.2, 0.25) is 11.8 Å². The van der Waals surface area contributed by atoms with Crippen molar-refractivity contribution in [2.45, 2.75) is 44.3 Å². The van der Waals surface area contributed by atoms with E-state index in [0.29, 0.717) is 15.6 Å². The number of amides is 2. The fourth-order valence-corrected chi connectivity index (χ4v) is 5.48. The number of nitrogens with one attached hydrogen (secondary N) is 1. The smallest absolute Gasteiger partial charge is 0.264 e. The van der Waals surface area contributed by atoms with Crippen molar-refractivity contribution in [1.29, 1.82) is 0 Å². The van der Waals surface area contributed by atoms with Gasteiger partial charge in [-0.25, -0.2) is 8.42 Å². The first-order valence-electron chi connectivity index (χ1n) is 11.7. The summed E-state index contributed by atoms with van der Waals surface area (Å²) in [6.45, 7) is 4.69. The molecule has 1 atom stereocenters. The molecule has 196 valence electrons. The van der Waals surface area contributed by atoms with Gasteiger partial charge in [-0.2, -0.15) is 0 Å². The molecule has 0 fully saturated rings. The van der Waals surface area contributed by atoms with Gasteiger partial charge >= 0.3 is 0 Å². The monoisotopic (exact) mass is 561 g/mol. The van der Waals surface area contributed by atoms with Gasteiger partial charge in [-0.1, -0.05) is 65.7 Å². The molecule has 2 amide bonds. The van der Waals surface area contributed by atoms with Crippen LogP contribution in [0.5, 0.6) is 0 Å². The number of hydrogen-bond acceptors (Lipinski definition) is 4. The molecule has 0 bridgehead atoms. The van der Waals surface area contributed by atoms with Gasteiger partial charge in [0.15, 0.2) is 0 Å². The molecule has 1 unspecified atom stereocenters. The second-order valence-electron chi connectivity index (χ2n) is 8.76. The topological polar surface area (TPSA) is 86.8 Å². The fraction of sp³-hybridized carbons (Fsp3) is 0.259. The third-order valence-corrected chi connectivity index (χ3v) is 7.99. The van der Waals surface area contributed by atoms with Crippen LogP contribution in [0.25, 0.3) is 0 Å². The molecule has 3 aromatic rings. The van der Waals surface area contributed by atoms with Crippen LogP contribution in [-0.4, -0.2) is 43.8 Å². The van der Waals surface area contributed by atoms with Crippen molar-refractivity contribution in [3.63, 3.8) is 0 Å². The molecular formula is C27H29Cl2N3O4S. The van der Waals surface area contributed by atoms with Crippen molar-refractivity contribution < 1.29 is 18.0 Å². The highest BCUT2D eigenvalue weighted by Crippen LogP contribution is 2.27. The Balaban J connectivity index is 2.03. The van der Waals surface area contributed by atoms with Crippen LogP contribution in [-0.2, 0) is 26.2 Å². The van der Waals surface area contributed by atoms with E-state index in [4.69, 9.17) is 23.2 Å². The highest BCUT2D eigenvalue weighted by Gasteiger charge is 2.33. The van der Waals surface area contributed by atoms with Gasteiger partial charge in [-0.05, 0) is 62.7 Å². The molecule has 0 aromatic heterocycles. The van der Waals surface area contributed by atoms with Crippen molar-refractivity contribution in [2.24, 2.45) is 0 Å². The SMILES string of the molecule is CC(C)NC(=O)C(C)N(Cc1ccccc1Cl)C(=O)CN(c1cccc(Cl)c1)S(=O)(=O)c1ccccc1. The molecule has 37 heavy (non-hydrogen) atoms. The molecule has 10 heteroatoms. The summed E-state index contributed by atoms with van der Waals surface area (Å²) in [5.74, 6) is -0.943. The number of hydrogen-bond donors (Lipinski definition) is 1. The molecule has 0 spiro atoms. The maximum Gasteiger partial charge on any atom is 0.264 e. The minimum atomic E-state index is -4.14. The van der Waals surface area contributed by atoms with Crippen LogP contribution in [0.2, 0.25) is 10.0 Å². The van der Waals surface area contributed by atoms with E-state index in [1.54, 1.807) is 67.6 Å². The number of carbonyl (C=O) groups is 2. The lowest BCUT2D eigenvalue weighted by Crippen LogP contribution is -2.52. The third kappa shape index (κ3) is 7.25. The Bertz CT molecular complexity index is 1350. The molecule has 0 heterocycles. The lowest BCUT2D eigenvalue weighted by molar-refractivity contribution is -0.139. The Morgan fingerprint density at radius 2 is 1.54 bits per heavy atom. The van der Waals surface area contributed by atoms with Gasteiger partial charge in [-0.15, -0.1) is 0 Å². The van der Waals surface area contributed by atoms with E-state index in [1.165, 1.54) is 23.1 Å². The van der Waals surface area contributed by atoms with Gasteiger partial charge < -0.3 is 10.2 Å². The van der Waals surface area contributed by atoms with E-state index in [0.717, 1.165) is 4.31 Å². The van der Waals surface area contributed by atoms with Gasteiger partial charge in [-0.3, -0.25) is 13.9 Å². The second kappa shape index (κ2) is 12.4. The normalized spacial score (nSPS) is 12.2. The lowest BCUT2D eigenvalue weighted by atomic mass is 10.1. The lowest BCUT2D eigenvalue weighted by Gasteiger charge is -2.32. The Morgan fingerprint density at radius 1 is 0.892 bits per heavy atom. The summed E-state index contributed by atoms with van der Waals surface area (Å²) >= 11 is 12.5. The highest BCUT2D eigenvalue weighted by atomic mass is 35.5. The molecule has 0 aliphatic rings. The number of sulfonamides is 1. The van der Waals surface area contributed by atoms with Gasteiger partial charge in [0.25, 0.3) is 10.0 Å². The van der Waals surface area contributed by atoms with Crippen molar-refractivity contribution in [1.82, 2.24) is 10.2 Å². The van der Waals surface area contributed by atoms with E-state index >= 15 is 0 Å². The van der Waals surface area contributed by atoms with Crippen molar-refractivity contribution in [2.75, 3.05) is 10.8 Å². The summed E-state index contributed by atoms with van der Waals surface area (Å²) in [5.41, 5.74) is 0.851. The molecule has 0 saturated heterocycles. The maximum atomic E-state index is 13.8. The Morgan fingerprint density at radius 3 is 2.16 bits per heavy atom. The highest BCUT2D eigenvalue weighted by molar-refractivity contribution is 7.92. The van der Waals surface area contributed by atoms with Gasteiger partial charge in [0.1, 0.15) is 12.6 Å². The standard InChI is InChI=1S/C27H29Cl2N3O4S/c1-19(2)30-27(34)20(3)31(17-21-10-7-8-15-25(21)29)26(33)18-32(23-12-9-11-22(28)16-23)37(35,36)24-13-5-4-6-14-24/h4-16,19-20H,17-18H2,1-3H3,(H,30,34). The average molecular weight is 563 g/mol. The molecule has 7 nitrogen and oxygen atoms in total. The van der Waals surface area contributed by atoms with E-state index in [-0.39, 0.29) is 29.1 Å². The number of nitrogens with zero attached hydrogens (tertiary/aromatic N) is 2. The van der Waals surface area contributed by atoms with Crippen molar-refractivity contribution in [3.05, 3.63) is 94.5 Å². The van der Waals surface area contributed by atoms with Crippen LogP contribution in [0.15, 0.2) is 83.8 Å². The van der Waals surface area contributed by atoms with Crippen molar-refractivity contribution in [3.8, 4) is 0 Å². The first-order chi connectivity index (χ1) is 17.5. The Kier molecular flexibility index (Phi) is 9.59. The molecule has 0 aliphatic heterocycles. The third-order valence-electron chi connectivity index (χ3n) is 5.60. The zero-order chi connectivity index (χ0) is 27.2. The molecule has 1 N–H and O–H groups in total. The molecule has 3 rings (SSSR count). The summed E-state index contributed by atoms with van der Waals surface area (Å²) < 4.78 is 28.4. The van der Waals surface area contributed by atoms with Crippen LogP contribution >= 0.6 is 23.2 Å². The largest absolute Gasteiger partial charge is 0.352 e. The van der Waals surface area contributed by atoms with E-state index in [1.807, 2.05) is 13.8 Å². The first kappa shape index (κ1) is 28.5. The minimum absolute atomic E-state index is 0.0138. The van der Waals surface area contributed by atoms with E-state index in [9.17, 15) is 18.0 Å². The number of anilines is 1. The van der Waals surface area contributed by atoms with Crippen molar-refractivity contribution >= 4 is 50.7 Å². The summed E-state index contributed by atoms with van der Waals surface area (Å²) in [4.78, 5) is 28.1. The van der Waals surface area contributed by atoms with E-state index in [2.05, 4.69) is 5.32 Å². The Hall–Kier alpha value is -3.07. The number of rotatable bonds is 10. The average Bonchev–Trinajstić information content (AvgIpc) is 2.86. The predicted octanol–water partition coefficient (Wildman–Crippen LogP) is 5.13. The molecule has 0 saturated carbocycles. The molecule has 0 radical (unpaired) electrons. The van der Waals surface area contributed by atoms with Crippen LogP contribution in [0.3, 0.4) is 0 Å². The molecule has 0 aliphatic carbocycles. The number of carbonyl (C=O) groups excluding carboxylic acids is 2. The summed E-state index contributed by atoms with van der Waals surface area (Å²) in [5, 5.41) is 3.56. The van der Waals surface area contributed by atoms with Crippen LogP contribution in [0.1, 0.15) is 26.3 Å². The van der Waals surface area contributed by atoms with Crippen LogP contribution < -0.4 is 9.62 Å². The summed E-state index contributed by atoms with van der Waals surface area (Å²) in [6, 6.07) is 20.0. The summed E-state index contributed by atoms with van der Waals surface area (Å²) in [7, 11) is -4.14. The van der Waals surface area contributed by atoms with Crippen LogP contribution in [0.4, 0.5) is 5.69 Å². The predicted molar refractivity (Wildman–Crippen MR) is 147 cm³/mol. The summed E-state index contributed by atoms with van der Waals surface area (Å²) in [6.07, 6.45) is 0. The second-order valence-corrected chi connectivity index (χ2v) is 11.5. The number of benzene rings is 3. The Labute approximate surface area is 228 Å².